The van der Waals surface area contributed by atoms with E-state index in [1.165, 1.54) is 22.5 Å². The van der Waals surface area contributed by atoms with Crippen LogP contribution in [0.25, 0.3) is 0 Å². The molecule has 1 unspecified atom stereocenters. The average molecular weight is 396 g/mol. The third-order valence-electron chi connectivity index (χ3n) is 6.02. The van der Waals surface area contributed by atoms with Gasteiger partial charge in [0.1, 0.15) is 11.9 Å². The van der Waals surface area contributed by atoms with Crippen molar-refractivity contribution in [1.29, 1.82) is 0 Å². The summed E-state index contributed by atoms with van der Waals surface area (Å²) in [6, 6.07) is 5.10. The largest absolute Gasteiger partial charge is 0.362 e. The van der Waals surface area contributed by atoms with Crippen LogP contribution in [0.2, 0.25) is 0 Å². The van der Waals surface area contributed by atoms with Crippen molar-refractivity contribution in [3.63, 3.8) is 0 Å². The van der Waals surface area contributed by atoms with Gasteiger partial charge in [0.15, 0.2) is 0 Å². The summed E-state index contributed by atoms with van der Waals surface area (Å²) in [6.07, 6.45) is 4.32. The van der Waals surface area contributed by atoms with Gasteiger partial charge in [0.2, 0.25) is 10.0 Å². The molecule has 3 aliphatic heterocycles. The molecule has 148 valence electrons. The lowest BCUT2D eigenvalue weighted by molar-refractivity contribution is -0.149. The van der Waals surface area contributed by atoms with Gasteiger partial charge in [-0.25, -0.2) is 12.8 Å². The Morgan fingerprint density at radius 1 is 1.11 bits per heavy atom. The third-order valence-corrected chi connectivity index (χ3v) is 7.91. The number of carbonyl (C=O) groups is 1. The molecule has 0 bridgehead atoms. The molecule has 1 spiro atoms. The first kappa shape index (κ1) is 18.8. The summed E-state index contributed by atoms with van der Waals surface area (Å²) in [5, 5.41) is 0. The van der Waals surface area contributed by atoms with E-state index < -0.39 is 27.5 Å². The zero-order chi connectivity index (χ0) is 19.1. The fourth-order valence-electron chi connectivity index (χ4n) is 4.41. The number of carbonyl (C=O) groups excluding carboxylic acids is 1. The van der Waals surface area contributed by atoms with Crippen LogP contribution in [0.4, 0.5) is 4.39 Å². The molecule has 1 amide bonds. The molecule has 4 rings (SSSR count). The van der Waals surface area contributed by atoms with Gasteiger partial charge in [-0.1, -0.05) is 6.07 Å². The van der Waals surface area contributed by atoms with Crippen LogP contribution >= 0.6 is 0 Å². The van der Waals surface area contributed by atoms with Gasteiger partial charge >= 0.3 is 0 Å². The highest BCUT2D eigenvalue weighted by Crippen LogP contribution is 2.40. The molecule has 1 aromatic carbocycles. The molecule has 3 heterocycles. The molecule has 0 radical (unpaired) electrons. The minimum absolute atomic E-state index is 0.0205. The molecule has 8 heteroatoms. The molecule has 3 fully saturated rings. The molecule has 3 aliphatic rings. The lowest BCUT2D eigenvalue weighted by Crippen LogP contribution is -2.47. The second kappa shape index (κ2) is 7.14. The molecule has 0 saturated carbocycles. The van der Waals surface area contributed by atoms with Gasteiger partial charge < -0.3 is 9.64 Å². The van der Waals surface area contributed by atoms with Gasteiger partial charge in [-0.15, -0.1) is 0 Å². The Morgan fingerprint density at radius 3 is 2.48 bits per heavy atom. The second-order valence-corrected chi connectivity index (χ2v) is 9.66. The Balaban J connectivity index is 1.39. The standard InChI is InChI=1S/C19H25FN2O4S/c20-15-4-3-5-16(14-15)27(24,25)22-12-8-19(9-13-22)7-6-17(26-19)18(23)21-10-1-2-11-21/h3-5,14,17H,1-2,6-13H2. The molecule has 0 aliphatic carbocycles. The molecule has 1 atom stereocenters. The van der Waals surface area contributed by atoms with Crippen molar-refractivity contribution in [2.24, 2.45) is 0 Å². The maximum absolute atomic E-state index is 13.4. The number of piperidine rings is 1. The quantitative estimate of drug-likeness (QED) is 0.785. The summed E-state index contributed by atoms with van der Waals surface area (Å²) in [5.41, 5.74) is -0.409. The van der Waals surface area contributed by atoms with Crippen molar-refractivity contribution in [2.45, 2.75) is 55.1 Å². The van der Waals surface area contributed by atoms with E-state index in [4.69, 9.17) is 4.74 Å². The lowest BCUT2D eigenvalue weighted by Gasteiger charge is -2.38. The highest BCUT2D eigenvalue weighted by Gasteiger charge is 2.47. The van der Waals surface area contributed by atoms with E-state index in [9.17, 15) is 17.6 Å². The molecule has 3 saturated heterocycles. The maximum atomic E-state index is 13.4. The van der Waals surface area contributed by atoms with Crippen LogP contribution in [0.5, 0.6) is 0 Å². The fraction of sp³-hybridized carbons (Fsp3) is 0.632. The van der Waals surface area contributed by atoms with Gasteiger partial charge in [0, 0.05) is 26.2 Å². The van der Waals surface area contributed by atoms with Gasteiger partial charge in [-0.3, -0.25) is 4.79 Å². The number of hydrogen-bond acceptors (Lipinski definition) is 4. The van der Waals surface area contributed by atoms with Crippen molar-refractivity contribution in [2.75, 3.05) is 26.2 Å². The summed E-state index contributed by atoms with van der Waals surface area (Å²) >= 11 is 0. The number of hydrogen-bond donors (Lipinski definition) is 0. The van der Waals surface area contributed by atoms with Crippen LogP contribution in [0, 0.1) is 5.82 Å². The number of likely N-dealkylation sites (tertiary alicyclic amines) is 1. The van der Waals surface area contributed by atoms with E-state index in [2.05, 4.69) is 0 Å². The summed E-state index contributed by atoms with van der Waals surface area (Å²) in [4.78, 5) is 14.4. The predicted molar refractivity (Wildman–Crippen MR) is 97.0 cm³/mol. The number of halogens is 1. The number of sulfonamides is 1. The van der Waals surface area contributed by atoms with Crippen molar-refractivity contribution in [3.05, 3.63) is 30.1 Å². The Morgan fingerprint density at radius 2 is 1.81 bits per heavy atom. The van der Waals surface area contributed by atoms with Crippen molar-refractivity contribution in [1.82, 2.24) is 9.21 Å². The van der Waals surface area contributed by atoms with Gasteiger partial charge in [-0.2, -0.15) is 4.31 Å². The van der Waals surface area contributed by atoms with Crippen LogP contribution in [0.15, 0.2) is 29.2 Å². The summed E-state index contributed by atoms with van der Waals surface area (Å²) in [7, 11) is -3.71. The third kappa shape index (κ3) is 3.62. The predicted octanol–water partition coefficient (Wildman–Crippen LogP) is 2.15. The van der Waals surface area contributed by atoms with Crippen molar-refractivity contribution in [3.8, 4) is 0 Å². The monoisotopic (exact) mass is 396 g/mol. The van der Waals surface area contributed by atoms with Crippen LogP contribution in [0.1, 0.15) is 38.5 Å². The molecular formula is C19H25FN2O4S. The number of rotatable bonds is 3. The molecule has 1 aromatic rings. The maximum Gasteiger partial charge on any atom is 0.251 e. The summed E-state index contributed by atoms with van der Waals surface area (Å²) < 4.78 is 46.5. The first-order valence-corrected chi connectivity index (χ1v) is 11.1. The zero-order valence-corrected chi connectivity index (χ0v) is 16.1. The Kier molecular flexibility index (Phi) is 4.98. The molecule has 6 nitrogen and oxygen atoms in total. The number of nitrogens with zero attached hydrogens (tertiary/aromatic N) is 2. The molecule has 0 aromatic heterocycles. The Bertz CT molecular complexity index is 815. The van der Waals surface area contributed by atoms with Crippen LogP contribution in [0.3, 0.4) is 0 Å². The van der Waals surface area contributed by atoms with Crippen molar-refractivity contribution < 1.29 is 22.3 Å². The summed E-state index contributed by atoms with van der Waals surface area (Å²) in [6.45, 7) is 2.27. The Labute approximate surface area is 159 Å². The molecule has 0 N–H and O–H groups in total. The van der Waals surface area contributed by atoms with E-state index in [0.29, 0.717) is 32.4 Å². The van der Waals surface area contributed by atoms with E-state index in [1.54, 1.807) is 0 Å². The van der Waals surface area contributed by atoms with E-state index >= 15 is 0 Å². The van der Waals surface area contributed by atoms with E-state index in [-0.39, 0.29) is 10.8 Å². The SMILES string of the molecule is O=C(C1CCC2(CCN(S(=O)(=O)c3cccc(F)c3)CC2)O1)N1CCCC1. The minimum Gasteiger partial charge on any atom is -0.362 e. The first-order valence-electron chi connectivity index (χ1n) is 9.62. The van der Waals surface area contributed by atoms with E-state index in [1.807, 2.05) is 4.90 Å². The zero-order valence-electron chi connectivity index (χ0n) is 15.3. The van der Waals surface area contributed by atoms with Crippen LogP contribution in [-0.4, -0.2) is 61.4 Å². The molecular weight excluding hydrogens is 371 g/mol. The number of ether oxygens (including phenoxy) is 1. The van der Waals surface area contributed by atoms with Crippen LogP contribution < -0.4 is 0 Å². The van der Waals surface area contributed by atoms with Gasteiger partial charge in [-0.05, 0) is 56.7 Å². The first-order chi connectivity index (χ1) is 12.9. The molecule has 27 heavy (non-hydrogen) atoms. The second-order valence-electron chi connectivity index (χ2n) is 7.72. The topological polar surface area (TPSA) is 66.9 Å². The highest BCUT2D eigenvalue weighted by molar-refractivity contribution is 7.89. The minimum atomic E-state index is -3.71. The smallest absolute Gasteiger partial charge is 0.251 e. The Hall–Kier alpha value is -1.51. The number of amides is 1. The normalized spacial score (nSPS) is 26.0. The lowest BCUT2D eigenvalue weighted by atomic mass is 9.89. The number of benzene rings is 1. The fourth-order valence-corrected chi connectivity index (χ4v) is 5.88. The average Bonchev–Trinajstić information content (AvgIpc) is 3.32. The van der Waals surface area contributed by atoms with Crippen molar-refractivity contribution >= 4 is 15.9 Å². The van der Waals surface area contributed by atoms with Gasteiger partial charge in [0.05, 0.1) is 10.5 Å². The van der Waals surface area contributed by atoms with Gasteiger partial charge in [0.25, 0.3) is 5.91 Å². The highest BCUT2D eigenvalue weighted by atomic mass is 32.2. The summed E-state index contributed by atoms with van der Waals surface area (Å²) in [5.74, 6) is -0.480. The van der Waals surface area contributed by atoms with E-state index in [0.717, 1.165) is 38.4 Å². The van der Waals surface area contributed by atoms with Crippen LogP contribution in [-0.2, 0) is 19.6 Å².